The van der Waals surface area contributed by atoms with Gasteiger partial charge in [0, 0.05) is 12.8 Å². The summed E-state index contributed by atoms with van der Waals surface area (Å²) in [6.45, 7) is 4.37. The second kappa shape index (κ2) is 19.2. The number of rotatable bonds is 22. The van der Waals surface area contributed by atoms with Crippen molar-refractivity contribution in [1.29, 1.82) is 0 Å². The molecule has 2 unspecified atom stereocenters. The van der Waals surface area contributed by atoms with Gasteiger partial charge in [0.25, 0.3) is 5.28 Å². The monoisotopic (exact) mass is 456 g/mol. The van der Waals surface area contributed by atoms with Gasteiger partial charge in [-0.05, 0) is 38.5 Å². The minimum absolute atomic E-state index is 0.515. The van der Waals surface area contributed by atoms with E-state index >= 15 is 0 Å². The maximum atomic E-state index is 12.1. The Balaban J connectivity index is 3.69. The molecule has 0 heterocycles. The summed E-state index contributed by atoms with van der Waals surface area (Å²) in [6, 6.07) is 0. The Hall–Kier alpha value is -0.240. The fourth-order valence-corrected chi connectivity index (χ4v) is 5.87. The van der Waals surface area contributed by atoms with Crippen LogP contribution in [0.25, 0.3) is 0 Å². The van der Waals surface area contributed by atoms with Crippen LogP contribution in [0.15, 0.2) is 12.2 Å². The van der Waals surface area contributed by atoms with Gasteiger partial charge in [0.05, 0.1) is 21.1 Å². The summed E-state index contributed by atoms with van der Waals surface area (Å²) in [6.07, 6.45) is 28.2. The van der Waals surface area contributed by atoms with Crippen LogP contribution in [-0.2, 0) is 4.57 Å². The third-order valence-corrected chi connectivity index (χ3v) is 8.55. The molecular formula is C27H55NO2P+. The molecule has 0 spiro atoms. The minimum Gasteiger partial charge on any atom is -0.590 e. The first-order chi connectivity index (χ1) is 14.8. The summed E-state index contributed by atoms with van der Waals surface area (Å²) in [5, 5.41) is -0.598. The topological polar surface area (TPSA) is 40.1 Å². The van der Waals surface area contributed by atoms with E-state index in [2.05, 4.69) is 26.0 Å². The lowest BCUT2D eigenvalue weighted by atomic mass is 9.99. The zero-order valence-corrected chi connectivity index (χ0v) is 22.7. The predicted molar refractivity (Wildman–Crippen MR) is 137 cm³/mol. The van der Waals surface area contributed by atoms with Gasteiger partial charge in [-0.25, -0.2) is 0 Å². The van der Waals surface area contributed by atoms with Crippen LogP contribution in [0.4, 0.5) is 0 Å². The van der Waals surface area contributed by atoms with Crippen molar-refractivity contribution in [1.82, 2.24) is 0 Å². The number of nitrogens with zero attached hydrogens (tertiary/aromatic N) is 1. The smallest absolute Gasteiger partial charge is 0.376 e. The molecule has 4 heteroatoms. The molecule has 31 heavy (non-hydrogen) atoms. The molecule has 3 nitrogen and oxygen atoms in total. The van der Waals surface area contributed by atoms with Crippen molar-refractivity contribution in [2.75, 3.05) is 21.1 Å². The number of hydrogen-bond donors (Lipinski definition) is 0. The quantitative estimate of drug-likeness (QED) is 0.0709. The standard InChI is InChI=1S/C27H55NO2P/c1-6-8-9-10-11-12-13-14-15-16-17-18-19-20-21-22-23-24-26-27(25-7-2,31(29)30)28(3,4)5/h18-19H,6-17,20-26H2,1-5H3/q+1. The molecule has 0 aliphatic heterocycles. The average Bonchev–Trinajstić information content (AvgIpc) is 2.71. The molecule has 184 valence electrons. The fraction of sp³-hybridized carbons (Fsp3) is 0.926. The largest absolute Gasteiger partial charge is 0.590 e. The number of unbranched alkanes of at least 4 members (excludes halogenated alkanes) is 14. The first-order valence-electron chi connectivity index (χ1n) is 13.4. The van der Waals surface area contributed by atoms with Crippen LogP contribution < -0.4 is 4.89 Å². The van der Waals surface area contributed by atoms with Crippen LogP contribution in [0.1, 0.15) is 136 Å². The van der Waals surface area contributed by atoms with Crippen LogP contribution in [0, 0.1) is 0 Å². The van der Waals surface area contributed by atoms with Gasteiger partial charge in [0.1, 0.15) is 0 Å². The summed E-state index contributed by atoms with van der Waals surface area (Å²) in [5.74, 6) is 0. The molecule has 0 radical (unpaired) electrons. The molecule has 0 aromatic rings. The Morgan fingerprint density at radius 3 is 1.45 bits per heavy atom. The van der Waals surface area contributed by atoms with Gasteiger partial charge in [0.2, 0.25) is 0 Å². The second-order valence-electron chi connectivity index (χ2n) is 10.4. The lowest BCUT2D eigenvalue weighted by Crippen LogP contribution is -2.55. The average molecular weight is 457 g/mol. The molecule has 0 aromatic heterocycles. The third kappa shape index (κ3) is 14.5. The lowest BCUT2D eigenvalue weighted by molar-refractivity contribution is -0.910. The maximum Gasteiger partial charge on any atom is 0.376 e. The van der Waals surface area contributed by atoms with Crippen molar-refractivity contribution in [2.24, 2.45) is 0 Å². The molecule has 0 aliphatic carbocycles. The highest BCUT2D eigenvalue weighted by Gasteiger charge is 2.53. The van der Waals surface area contributed by atoms with E-state index in [1.165, 1.54) is 89.9 Å². The predicted octanol–water partition coefficient (Wildman–Crippen LogP) is 8.50. The van der Waals surface area contributed by atoms with Crippen LogP contribution in [0.2, 0.25) is 0 Å². The minimum atomic E-state index is -2.43. The van der Waals surface area contributed by atoms with E-state index in [1.54, 1.807) is 0 Å². The van der Waals surface area contributed by atoms with Gasteiger partial charge in [-0.3, -0.25) is 4.48 Å². The van der Waals surface area contributed by atoms with E-state index in [0.29, 0.717) is 4.48 Å². The van der Waals surface area contributed by atoms with Gasteiger partial charge in [-0.1, -0.05) is 101 Å². The zero-order valence-electron chi connectivity index (χ0n) is 21.8. The Kier molecular flexibility index (Phi) is 19.1. The first-order valence-corrected chi connectivity index (χ1v) is 14.6. The van der Waals surface area contributed by atoms with Crippen molar-refractivity contribution in [3.8, 4) is 0 Å². The van der Waals surface area contributed by atoms with Crippen LogP contribution in [0.5, 0.6) is 0 Å². The molecule has 0 aromatic carbocycles. The highest BCUT2D eigenvalue weighted by Crippen LogP contribution is 2.45. The Morgan fingerprint density at radius 1 is 0.645 bits per heavy atom. The molecular weight excluding hydrogens is 401 g/mol. The van der Waals surface area contributed by atoms with Crippen molar-refractivity contribution in [3.63, 3.8) is 0 Å². The Bertz CT molecular complexity index is 459. The highest BCUT2D eigenvalue weighted by atomic mass is 31.1. The molecule has 0 saturated heterocycles. The van der Waals surface area contributed by atoms with Crippen LogP contribution in [-0.4, -0.2) is 30.9 Å². The summed E-state index contributed by atoms with van der Waals surface area (Å²) in [5.41, 5.74) is 0. The normalized spacial score (nSPS) is 14.8. The van der Waals surface area contributed by atoms with Gasteiger partial charge in [0.15, 0.2) is 0 Å². The zero-order chi connectivity index (χ0) is 23.4. The van der Waals surface area contributed by atoms with E-state index in [9.17, 15) is 9.46 Å². The van der Waals surface area contributed by atoms with Gasteiger partial charge in [-0.15, -0.1) is 0 Å². The van der Waals surface area contributed by atoms with Gasteiger partial charge >= 0.3 is 8.03 Å². The number of quaternary nitrogens is 1. The molecule has 0 amide bonds. The van der Waals surface area contributed by atoms with Crippen molar-refractivity contribution < 1.29 is 13.9 Å². The van der Waals surface area contributed by atoms with E-state index in [0.717, 1.165) is 32.1 Å². The number of allylic oxidation sites excluding steroid dienone is 2. The molecule has 2 atom stereocenters. The first kappa shape index (κ1) is 30.8. The van der Waals surface area contributed by atoms with Crippen LogP contribution >= 0.6 is 8.03 Å². The summed E-state index contributed by atoms with van der Waals surface area (Å²) >= 11 is 0. The molecule has 0 rings (SSSR count). The van der Waals surface area contributed by atoms with Gasteiger partial charge < -0.3 is 4.89 Å². The van der Waals surface area contributed by atoms with Crippen molar-refractivity contribution in [2.45, 2.75) is 141 Å². The lowest BCUT2D eigenvalue weighted by Gasteiger charge is -2.39. The fourth-order valence-electron chi connectivity index (χ4n) is 4.63. The maximum absolute atomic E-state index is 12.1. The Morgan fingerprint density at radius 2 is 1.06 bits per heavy atom. The molecule has 0 fully saturated rings. The van der Waals surface area contributed by atoms with Crippen LogP contribution in [0.3, 0.4) is 0 Å². The van der Waals surface area contributed by atoms with E-state index in [-0.39, 0.29) is 0 Å². The summed E-state index contributed by atoms with van der Waals surface area (Å²) in [7, 11) is 3.66. The number of hydrogen-bond acceptors (Lipinski definition) is 2. The molecule has 0 bridgehead atoms. The summed E-state index contributed by atoms with van der Waals surface area (Å²) < 4.78 is 12.6. The van der Waals surface area contributed by atoms with Crippen molar-refractivity contribution in [3.05, 3.63) is 12.2 Å². The van der Waals surface area contributed by atoms with E-state index < -0.39 is 13.3 Å². The SMILES string of the molecule is CCCCCCCCCCCCC=CCCCCCCC(CCC)([P+](=O)[O-])[N+](C)(C)C. The Labute approximate surface area is 196 Å². The van der Waals surface area contributed by atoms with E-state index in [1.807, 2.05) is 21.1 Å². The molecule has 0 N–H and O–H groups in total. The third-order valence-electron chi connectivity index (χ3n) is 6.83. The highest BCUT2D eigenvalue weighted by molar-refractivity contribution is 7.38. The molecule has 0 saturated carbocycles. The second-order valence-corrected chi connectivity index (χ2v) is 11.7. The van der Waals surface area contributed by atoms with Crippen molar-refractivity contribution >= 4 is 8.03 Å². The summed E-state index contributed by atoms with van der Waals surface area (Å²) in [4.78, 5) is 12.1. The molecule has 0 aliphatic rings. The van der Waals surface area contributed by atoms with E-state index in [4.69, 9.17) is 0 Å². The van der Waals surface area contributed by atoms with Gasteiger partial charge in [-0.2, -0.15) is 0 Å².